The number of fused-ring (bicyclic) bond motifs is 1. The van der Waals surface area contributed by atoms with Crippen LogP contribution in [0.1, 0.15) is 10.4 Å². The Morgan fingerprint density at radius 2 is 2.17 bits per heavy atom. The summed E-state index contributed by atoms with van der Waals surface area (Å²) in [5.74, 6) is 0.651. The van der Waals surface area contributed by atoms with Gasteiger partial charge in [0, 0.05) is 10.6 Å². The molecule has 2 nitrogen and oxygen atoms in total. The van der Waals surface area contributed by atoms with Crippen LogP contribution in [0.15, 0.2) is 29.2 Å². The van der Waals surface area contributed by atoms with Crippen molar-refractivity contribution in [3.05, 3.63) is 29.8 Å². The highest BCUT2D eigenvalue weighted by atomic mass is 32.2. The van der Waals surface area contributed by atoms with Gasteiger partial charge in [-0.3, -0.25) is 0 Å². The Labute approximate surface area is 74.9 Å². The molecule has 0 amide bonds. The molecule has 62 valence electrons. The SMILES string of the molecule is O=C1OCCSc2ccccc21. The van der Waals surface area contributed by atoms with E-state index in [9.17, 15) is 4.79 Å². The molecule has 0 bridgehead atoms. The lowest BCUT2D eigenvalue weighted by molar-refractivity contribution is 0.0530. The van der Waals surface area contributed by atoms with Crippen molar-refractivity contribution < 1.29 is 9.53 Å². The second-order valence-corrected chi connectivity index (χ2v) is 3.62. The second kappa shape index (κ2) is 3.19. The minimum absolute atomic E-state index is 0.199. The molecule has 1 aliphatic rings. The van der Waals surface area contributed by atoms with E-state index in [-0.39, 0.29) is 5.97 Å². The van der Waals surface area contributed by atoms with E-state index in [4.69, 9.17) is 4.74 Å². The highest BCUT2D eigenvalue weighted by Crippen LogP contribution is 2.25. The third-order valence-electron chi connectivity index (χ3n) is 1.68. The molecule has 0 saturated heterocycles. The molecule has 1 aromatic carbocycles. The van der Waals surface area contributed by atoms with Gasteiger partial charge >= 0.3 is 5.97 Å². The highest BCUT2D eigenvalue weighted by Gasteiger charge is 2.15. The number of carbonyl (C=O) groups is 1. The number of ether oxygens (including phenoxy) is 1. The van der Waals surface area contributed by atoms with E-state index >= 15 is 0 Å². The monoisotopic (exact) mass is 180 g/mol. The Bertz CT molecular complexity index is 309. The number of esters is 1. The quantitative estimate of drug-likeness (QED) is 0.571. The predicted octanol–water partition coefficient (Wildman–Crippen LogP) is 1.95. The number of hydrogen-bond donors (Lipinski definition) is 0. The normalized spacial score (nSPS) is 16.2. The number of benzene rings is 1. The summed E-state index contributed by atoms with van der Waals surface area (Å²) in [7, 11) is 0. The summed E-state index contributed by atoms with van der Waals surface area (Å²) in [6, 6.07) is 7.54. The van der Waals surface area contributed by atoms with Crippen LogP contribution in [0.25, 0.3) is 0 Å². The Hall–Kier alpha value is -0.960. The largest absolute Gasteiger partial charge is 0.461 e. The van der Waals surface area contributed by atoms with Crippen LogP contribution < -0.4 is 0 Å². The minimum atomic E-state index is -0.199. The average Bonchev–Trinajstić information content (AvgIpc) is 2.29. The van der Waals surface area contributed by atoms with Crippen molar-refractivity contribution in [1.29, 1.82) is 0 Å². The maximum atomic E-state index is 11.3. The van der Waals surface area contributed by atoms with Crippen LogP contribution in [0.2, 0.25) is 0 Å². The van der Waals surface area contributed by atoms with Crippen LogP contribution in [0.3, 0.4) is 0 Å². The lowest BCUT2D eigenvalue weighted by atomic mass is 10.2. The van der Waals surface area contributed by atoms with Gasteiger partial charge in [0.2, 0.25) is 0 Å². The molecule has 1 heterocycles. The molecule has 0 fully saturated rings. The van der Waals surface area contributed by atoms with E-state index in [1.807, 2.05) is 18.2 Å². The summed E-state index contributed by atoms with van der Waals surface area (Å²) in [6.07, 6.45) is 0. The van der Waals surface area contributed by atoms with Gasteiger partial charge in [-0.1, -0.05) is 12.1 Å². The minimum Gasteiger partial charge on any atom is -0.461 e. The summed E-state index contributed by atoms with van der Waals surface area (Å²) in [6.45, 7) is 0.512. The lowest BCUT2D eigenvalue weighted by Crippen LogP contribution is -2.04. The molecule has 1 aliphatic heterocycles. The van der Waals surface area contributed by atoms with Gasteiger partial charge in [0.25, 0.3) is 0 Å². The van der Waals surface area contributed by atoms with Gasteiger partial charge in [-0.05, 0) is 12.1 Å². The van der Waals surface area contributed by atoms with Crippen LogP contribution >= 0.6 is 11.8 Å². The first-order valence-electron chi connectivity index (χ1n) is 3.77. The molecule has 0 N–H and O–H groups in total. The number of cyclic esters (lactones) is 1. The molecule has 0 spiro atoms. The molecule has 0 saturated carbocycles. The van der Waals surface area contributed by atoms with Crippen molar-refractivity contribution in [3.63, 3.8) is 0 Å². The zero-order chi connectivity index (χ0) is 8.39. The van der Waals surface area contributed by atoms with Crippen molar-refractivity contribution in [2.24, 2.45) is 0 Å². The van der Waals surface area contributed by atoms with Crippen molar-refractivity contribution in [2.45, 2.75) is 4.90 Å². The van der Waals surface area contributed by atoms with E-state index in [0.29, 0.717) is 12.2 Å². The molecule has 0 unspecified atom stereocenters. The fourth-order valence-corrected chi connectivity index (χ4v) is 1.99. The Morgan fingerprint density at radius 3 is 3.08 bits per heavy atom. The Morgan fingerprint density at radius 1 is 1.33 bits per heavy atom. The maximum Gasteiger partial charge on any atom is 0.339 e. The molecule has 1 aromatic rings. The molecule has 0 radical (unpaired) electrons. The van der Waals surface area contributed by atoms with Crippen LogP contribution in [0.4, 0.5) is 0 Å². The van der Waals surface area contributed by atoms with E-state index < -0.39 is 0 Å². The van der Waals surface area contributed by atoms with E-state index in [2.05, 4.69) is 0 Å². The van der Waals surface area contributed by atoms with Gasteiger partial charge < -0.3 is 4.74 Å². The zero-order valence-corrected chi connectivity index (χ0v) is 7.26. The summed E-state index contributed by atoms with van der Waals surface area (Å²) >= 11 is 1.67. The molecule has 2 rings (SSSR count). The molecular formula is C9H8O2S. The second-order valence-electron chi connectivity index (χ2n) is 2.48. The number of hydrogen-bond acceptors (Lipinski definition) is 3. The Kier molecular flexibility index (Phi) is 2.04. The zero-order valence-electron chi connectivity index (χ0n) is 6.45. The standard InChI is InChI=1S/C9H8O2S/c10-9-7-3-1-2-4-8(7)12-6-5-11-9/h1-4H,5-6H2. The number of rotatable bonds is 0. The maximum absolute atomic E-state index is 11.3. The first-order valence-corrected chi connectivity index (χ1v) is 4.75. The van der Waals surface area contributed by atoms with Crippen molar-refractivity contribution in [3.8, 4) is 0 Å². The van der Waals surface area contributed by atoms with Gasteiger partial charge in [0.05, 0.1) is 5.56 Å². The molecule has 0 aliphatic carbocycles. The summed E-state index contributed by atoms with van der Waals surface area (Å²) < 4.78 is 4.97. The molecule has 3 heteroatoms. The van der Waals surface area contributed by atoms with Gasteiger partial charge in [-0.25, -0.2) is 4.79 Å². The number of carbonyl (C=O) groups excluding carboxylic acids is 1. The van der Waals surface area contributed by atoms with Gasteiger partial charge in [0.15, 0.2) is 0 Å². The fraction of sp³-hybridized carbons (Fsp3) is 0.222. The van der Waals surface area contributed by atoms with E-state index in [1.165, 1.54) is 0 Å². The van der Waals surface area contributed by atoms with Crippen molar-refractivity contribution >= 4 is 17.7 Å². The third kappa shape index (κ3) is 1.32. The Balaban J connectivity index is 2.46. The summed E-state index contributed by atoms with van der Waals surface area (Å²) in [5, 5.41) is 0. The lowest BCUT2D eigenvalue weighted by Gasteiger charge is -2.00. The molecule has 12 heavy (non-hydrogen) atoms. The van der Waals surface area contributed by atoms with Gasteiger partial charge in [-0.15, -0.1) is 11.8 Å². The van der Waals surface area contributed by atoms with E-state index in [0.717, 1.165) is 10.6 Å². The smallest absolute Gasteiger partial charge is 0.339 e. The number of thioether (sulfide) groups is 1. The first-order chi connectivity index (χ1) is 5.88. The topological polar surface area (TPSA) is 26.3 Å². The summed E-state index contributed by atoms with van der Waals surface area (Å²) in [5.41, 5.74) is 0.694. The predicted molar refractivity (Wildman–Crippen MR) is 47.4 cm³/mol. The van der Waals surface area contributed by atoms with Gasteiger partial charge in [-0.2, -0.15) is 0 Å². The highest BCUT2D eigenvalue weighted by molar-refractivity contribution is 7.99. The van der Waals surface area contributed by atoms with Crippen LogP contribution in [0.5, 0.6) is 0 Å². The van der Waals surface area contributed by atoms with Crippen molar-refractivity contribution in [2.75, 3.05) is 12.4 Å². The molecule has 0 aromatic heterocycles. The van der Waals surface area contributed by atoms with Crippen LogP contribution in [0, 0.1) is 0 Å². The van der Waals surface area contributed by atoms with E-state index in [1.54, 1.807) is 17.8 Å². The van der Waals surface area contributed by atoms with Crippen LogP contribution in [-0.4, -0.2) is 18.3 Å². The fourth-order valence-electron chi connectivity index (χ4n) is 1.12. The molecular weight excluding hydrogens is 172 g/mol. The third-order valence-corrected chi connectivity index (χ3v) is 2.72. The average molecular weight is 180 g/mol. The van der Waals surface area contributed by atoms with Gasteiger partial charge in [0.1, 0.15) is 6.61 Å². The van der Waals surface area contributed by atoms with Crippen molar-refractivity contribution in [1.82, 2.24) is 0 Å². The summed E-state index contributed by atoms with van der Waals surface area (Å²) in [4.78, 5) is 12.3. The van der Waals surface area contributed by atoms with Crippen LogP contribution in [-0.2, 0) is 4.74 Å². The molecule has 0 atom stereocenters. The first kappa shape index (κ1) is 7.68.